The Morgan fingerprint density at radius 3 is 2.21 bits per heavy atom. The first-order valence-corrected chi connectivity index (χ1v) is 9.38. The van der Waals surface area contributed by atoms with Crippen LogP contribution in [0, 0.1) is 5.82 Å². The molecule has 2 aromatic rings. The summed E-state index contributed by atoms with van der Waals surface area (Å²) in [5.41, 5.74) is 2.68. The Hall–Kier alpha value is -2.93. The molecule has 1 aliphatic rings. The van der Waals surface area contributed by atoms with Crippen molar-refractivity contribution in [1.82, 2.24) is 10.2 Å². The number of halogens is 1. The van der Waals surface area contributed by atoms with Crippen molar-refractivity contribution in [2.24, 2.45) is 0 Å². The Morgan fingerprint density at radius 2 is 1.57 bits per heavy atom. The minimum Gasteiger partial charge on any atom is -0.369 e. The SMILES string of the molecule is CN1CCN(c2ccc(CCNC(=O)C(=O)Nc3ccc(F)cc3)cc2)CC1. The fourth-order valence-corrected chi connectivity index (χ4v) is 3.06. The van der Waals surface area contributed by atoms with Crippen molar-refractivity contribution in [1.29, 1.82) is 0 Å². The number of carbonyl (C=O) groups is 2. The zero-order valence-corrected chi connectivity index (χ0v) is 16.0. The fourth-order valence-electron chi connectivity index (χ4n) is 3.06. The first-order valence-electron chi connectivity index (χ1n) is 9.38. The van der Waals surface area contributed by atoms with Gasteiger partial charge in [0.2, 0.25) is 0 Å². The molecule has 2 amide bonds. The Labute approximate surface area is 164 Å². The molecule has 7 heteroatoms. The van der Waals surface area contributed by atoms with E-state index in [4.69, 9.17) is 0 Å². The van der Waals surface area contributed by atoms with Crippen LogP contribution in [0.5, 0.6) is 0 Å². The van der Waals surface area contributed by atoms with E-state index in [-0.39, 0.29) is 0 Å². The number of rotatable bonds is 5. The van der Waals surface area contributed by atoms with Crippen molar-refractivity contribution in [3.05, 3.63) is 59.9 Å². The summed E-state index contributed by atoms with van der Waals surface area (Å²) in [6, 6.07) is 13.6. The minimum atomic E-state index is -0.767. The number of carbonyl (C=O) groups excluding carboxylic acids is 2. The summed E-state index contributed by atoms with van der Waals surface area (Å²) >= 11 is 0. The molecule has 0 atom stereocenters. The maximum Gasteiger partial charge on any atom is 0.313 e. The van der Waals surface area contributed by atoms with Crippen LogP contribution in [0.1, 0.15) is 5.56 Å². The number of piperazine rings is 1. The highest BCUT2D eigenvalue weighted by molar-refractivity contribution is 6.39. The molecule has 1 saturated heterocycles. The summed E-state index contributed by atoms with van der Waals surface area (Å²) < 4.78 is 12.9. The van der Waals surface area contributed by atoms with Gasteiger partial charge in [0.1, 0.15) is 5.82 Å². The van der Waals surface area contributed by atoms with Crippen LogP contribution in [-0.4, -0.2) is 56.5 Å². The summed E-state index contributed by atoms with van der Waals surface area (Å²) in [7, 11) is 2.13. The quantitative estimate of drug-likeness (QED) is 0.773. The molecule has 2 N–H and O–H groups in total. The van der Waals surface area contributed by atoms with Gasteiger partial charge in [-0.3, -0.25) is 9.59 Å². The summed E-state index contributed by atoms with van der Waals surface area (Å²) in [6.45, 7) is 4.54. The second-order valence-electron chi connectivity index (χ2n) is 6.92. The first-order chi connectivity index (χ1) is 13.5. The van der Waals surface area contributed by atoms with Crippen LogP contribution >= 0.6 is 0 Å². The molecule has 1 fully saturated rings. The predicted molar refractivity (Wildman–Crippen MR) is 108 cm³/mol. The zero-order valence-electron chi connectivity index (χ0n) is 16.0. The van der Waals surface area contributed by atoms with Gasteiger partial charge in [0.05, 0.1) is 0 Å². The molecule has 0 aromatic heterocycles. The van der Waals surface area contributed by atoms with Gasteiger partial charge in [0.15, 0.2) is 0 Å². The van der Waals surface area contributed by atoms with Gasteiger partial charge in [-0.1, -0.05) is 12.1 Å². The monoisotopic (exact) mass is 384 g/mol. The van der Waals surface area contributed by atoms with Gasteiger partial charge in [-0.2, -0.15) is 0 Å². The Kier molecular flexibility index (Phi) is 6.60. The molecule has 28 heavy (non-hydrogen) atoms. The van der Waals surface area contributed by atoms with Crippen LogP contribution < -0.4 is 15.5 Å². The number of nitrogens with zero attached hydrogens (tertiary/aromatic N) is 2. The van der Waals surface area contributed by atoms with Crippen LogP contribution in [-0.2, 0) is 16.0 Å². The Morgan fingerprint density at radius 1 is 0.929 bits per heavy atom. The lowest BCUT2D eigenvalue weighted by Crippen LogP contribution is -2.44. The van der Waals surface area contributed by atoms with Crippen molar-refractivity contribution in [3.8, 4) is 0 Å². The van der Waals surface area contributed by atoms with E-state index in [1.54, 1.807) is 0 Å². The summed E-state index contributed by atoms with van der Waals surface area (Å²) in [5.74, 6) is -1.88. The van der Waals surface area contributed by atoms with Crippen LogP contribution in [0.2, 0.25) is 0 Å². The van der Waals surface area contributed by atoms with E-state index in [1.165, 1.54) is 30.0 Å². The van der Waals surface area contributed by atoms with E-state index in [9.17, 15) is 14.0 Å². The number of hydrogen-bond acceptors (Lipinski definition) is 4. The lowest BCUT2D eigenvalue weighted by Gasteiger charge is -2.34. The van der Waals surface area contributed by atoms with Gasteiger partial charge in [0, 0.05) is 44.1 Å². The normalized spacial score (nSPS) is 14.6. The zero-order chi connectivity index (χ0) is 19.9. The third kappa shape index (κ3) is 5.53. The number of anilines is 2. The maximum atomic E-state index is 12.9. The molecule has 0 saturated carbocycles. The largest absolute Gasteiger partial charge is 0.369 e. The van der Waals surface area contributed by atoms with Gasteiger partial charge >= 0.3 is 11.8 Å². The van der Waals surface area contributed by atoms with Crippen LogP contribution in [0.4, 0.5) is 15.8 Å². The van der Waals surface area contributed by atoms with Gasteiger partial charge < -0.3 is 20.4 Å². The number of amides is 2. The highest BCUT2D eigenvalue weighted by Crippen LogP contribution is 2.17. The molecule has 0 spiro atoms. The summed E-state index contributed by atoms with van der Waals surface area (Å²) in [5, 5.41) is 5.04. The van der Waals surface area contributed by atoms with E-state index in [0.29, 0.717) is 18.7 Å². The van der Waals surface area contributed by atoms with Crippen molar-refractivity contribution in [2.45, 2.75) is 6.42 Å². The van der Waals surface area contributed by atoms with E-state index in [1.807, 2.05) is 0 Å². The Balaban J connectivity index is 1.42. The first kappa shape index (κ1) is 19.8. The molecule has 1 aliphatic heterocycles. The lowest BCUT2D eigenvalue weighted by molar-refractivity contribution is -0.136. The van der Waals surface area contributed by atoms with Crippen molar-refractivity contribution in [3.63, 3.8) is 0 Å². The maximum absolute atomic E-state index is 12.9. The van der Waals surface area contributed by atoms with Crippen molar-refractivity contribution in [2.75, 3.05) is 50.0 Å². The molecular weight excluding hydrogens is 359 g/mol. The van der Waals surface area contributed by atoms with Crippen LogP contribution in [0.3, 0.4) is 0 Å². The van der Waals surface area contributed by atoms with Crippen LogP contribution in [0.15, 0.2) is 48.5 Å². The van der Waals surface area contributed by atoms with Crippen molar-refractivity contribution < 1.29 is 14.0 Å². The smallest absolute Gasteiger partial charge is 0.313 e. The fraction of sp³-hybridized carbons (Fsp3) is 0.333. The lowest BCUT2D eigenvalue weighted by atomic mass is 10.1. The van der Waals surface area contributed by atoms with Gasteiger partial charge in [-0.25, -0.2) is 4.39 Å². The molecule has 1 heterocycles. The summed E-state index contributed by atoms with van der Waals surface area (Å²) in [6.07, 6.45) is 0.637. The molecule has 0 bridgehead atoms. The Bertz CT molecular complexity index is 800. The van der Waals surface area contributed by atoms with Crippen LogP contribution in [0.25, 0.3) is 0 Å². The average molecular weight is 384 g/mol. The third-order valence-electron chi connectivity index (χ3n) is 4.81. The number of hydrogen-bond donors (Lipinski definition) is 2. The van der Waals surface area contributed by atoms with Gasteiger partial charge in [0.25, 0.3) is 0 Å². The molecule has 148 valence electrons. The van der Waals surface area contributed by atoms with E-state index in [0.717, 1.165) is 31.7 Å². The topological polar surface area (TPSA) is 64.7 Å². The molecule has 6 nitrogen and oxygen atoms in total. The number of nitrogens with one attached hydrogen (secondary N) is 2. The molecule has 0 radical (unpaired) electrons. The van der Waals surface area contributed by atoms with E-state index in [2.05, 4.69) is 51.7 Å². The van der Waals surface area contributed by atoms with E-state index >= 15 is 0 Å². The third-order valence-corrected chi connectivity index (χ3v) is 4.81. The van der Waals surface area contributed by atoms with Gasteiger partial charge in [-0.15, -0.1) is 0 Å². The highest BCUT2D eigenvalue weighted by Gasteiger charge is 2.15. The minimum absolute atomic E-state index is 0.365. The molecule has 3 rings (SSSR count). The summed E-state index contributed by atoms with van der Waals surface area (Å²) in [4.78, 5) is 28.4. The number of benzene rings is 2. The van der Waals surface area contributed by atoms with Crippen molar-refractivity contribution >= 4 is 23.2 Å². The second-order valence-corrected chi connectivity index (χ2v) is 6.92. The average Bonchev–Trinajstić information content (AvgIpc) is 2.71. The molecule has 0 unspecified atom stereocenters. The van der Waals surface area contributed by atoms with Gasteiger partial charge in [-0.05, 0) is 55.4 Å². The molecule has 0 aliphatic carbocycles. The standard InChI is InChI=1S/C21H25FN4O2/c1-25-12-14-26(15-13-25)19-8-2-16(3-9-19)10-11-23-20(27)21(28)24-18-6-4-17(22)5-7-18/h2-9H,10-15H2,1H3,(H,23,27)(H,24,28). The van der Waals surface area contributed by atoms with E-state index < -0.39 is 17.6 Å². The predicted octanol–water partition coefficient (Wildman–Crippen LogP) is 1.87. The number of likely N-dealkylation sites (N-methyl/N-ethyl adjacent to an activating group) is 1. The molecule has 2 aromatic carbocycles. The molecular formula is C21H25FN4O2. The highest BCUT2D eigenvalue weighted by atomic mass is 19.1. The second kappa shape index (κ2) is 9.32.